The molecule has 3 nitrogen and oxygen atoms in total. The third-order valence-electron chi connectivity index (χ3n) is 3.07. The molecule has 1 aliphatic rings. The summed E-state index contributed by atoms with van der Waals surface area (Å²) in [5, 5.41) is 3.24. The molecular formula is C10H13Br2NO2S2. The number of rotatable bonds is 3. The number of hydrogen-bond donors (Lipinski definition) is 1. The predicted molar refractivity (Wildman–Crippen MR) is 78.3 cm³/mol. The molecule has 1 aromatic heterocycles. The second-order valence-electron chi connectivity index (χ2n) is 4.21. The van der Waals surface area contributed by atoms with Crippen molar-refractivity contribution in [3.05, 3.63) is 19.2 Å². The van der Waals surface area contributed by atoms with E-state index in [1.165, 1.54) is 0 Å². The molecule has 0 amide bonds. The van der Waals surface area contributed by atoms with E-state index in [9.17, 15) is 8.42 Å². The van der Waals surface area contributed by atoms with E-state index in [4.69, 9.17) is 0 Å². The van der Waals surface area contributed by atoms with E-state index in [2.05, 4.69) is 43.2 Å². The van der Waals surface area contributed by atoms with Crippen molar-refractivity contribution < 1.29 is 8.42 Å². The Bertz CT molecular complexity index is 512. The van der Waals surface area contributed by atoms with Crippen LogP contribution in [0.2, 0.25) is 0 Å². The van der Waals surface area contributed by atoms with Crippen LogP contribution in [0.25, 0.3) is 0 Å². The highest BCUT2D eigenvalue weighted by Crippen LogP contribution is 2.40. The Hall–Kier alpha value is 0.570. The largest absolute Gasteiger partial charge is 0.313 e. The first kappa shape index (κ1) is 14.0. The summed E-state index contributed by atoms with van der Waals surface area (Å²) in [7, 11) is -0.946. The molecule has 96 valence electrons. The van der Waals surface area contributed by atoms with Gasteiger partial charge in [0.15, 0.2) is 9.84 Å². The normalized spacial score (nSPS) is 25.0. The van der Waals surface area contributed by atoms with Gasteiger partial charge in [0.1, 0.15) is 0 Å². The Morgan fingerprint density at radius 3 is 2.65 bits per heavy atom. The number of nitrogens with one attached hydrogen (secondary N) is 1. The van der Waals surface area contributed by atoms with Crippen LogP contribution in [-0.2, 0) is 9.84 Å². The fourth-order valence-corrected chi connectivity index (χ4v) is 7.07. The molecule has 2 heterocycles. The molecule has 1 saturated heterocycles. The Morgan fingerprint density at radius 1 is 1.53 bits per heavy atom. The molecule has 1 fully saturated rings. The van der Waals surface area contributed by atoms with Gasteiger partial charge in [-0.15, -0.1) is 11.3 Å². The van der Waals surface area contributed by atoms with E-state index in [1.807, 2.05) is 7.05 Å². The quantitative estimate of drug-likeness (QED) is 0.845. The van der Waals surface area contributed by atoms with Crippen LogP contribution in [0.4, 0.5) is 0 Å². The minimum atomic E-state index is -2.83. The van der Waals surface area contributed by atoms with Crippen LogP contribution in [0, 0.1) is 5.92 Å². The van der Waals surface area contributed by atoms with Crippen molar-refractivity contribution in [3.63, 3.8) is 0 Å². The minimum absolute atomic E-state index is 0.101. The lowest BCUT2D eigenvalue weighted by Crippen LogP contribution is -2.26. The molecule has 0 aromatic carbocycles. The first-order valence-electron chi connectivity index (χ1n) is 5.25. The summed E-state index contributed by atoms with van der Waals surface area (Å²) in [6.07, 6.45) is 0.744. The highest BCUT2D eigenvalue weighted by Gasteiger charge is 2.34. The van der Waals surface area contributed by atoms with Crippen LogP contribution < -0.4 is 5.32 Å². The van der Waals surface area contributed by atoms with E-state index in [-0.39, 0.29) is 12.0 Å². The van der Waals surface area contributed by atoms with Crippen molar-refractivity contribution in [1.82, 2.24) is 5.32 Å². The van der Waals surface area contributed by atoms with Gasteiger partial charge in [0.2, 0.25) is 0 Å². The zero-order valence-electron chi connectivity index (χ0n) is 9.24. The summed E-state index contributed by atoms with van der Waals surface area (Å²) in [6, 6.07) is 2.16. The van der Waals surface area contributed by atoms with Crippen molar-refractivity contribution in [2.75, 3.05) is 18.6 Å². The molecule has 7 heteroatoms. The second-order valence-corrected chi connectivity index (χ2v) is 10.2. The standard InChI is InChI=1S/C10H13Br2NO2S2/c1-13-9(6-2-3-17(14,15)5-6)7-4-8(11)16-10(7)12/h4,6,9,13H,2-3,5H2,1H3. The molecule has 17 heavy (non-hydrogen) atoms. The van der Waals surface area contributed by atoms with Crippen LogP contribution in [0.1, 0.15) is 18.0 Å². The average molecular weight is 403 g/mol. The average Bonchev–Trinajstić information content (AvgIpc) is 2.72. The zero-order valence-corrected chi connectivity index (χ0v) is 14.0. The highest BCUT2D eigenvalue weighted by molar-refractivity contribution is 9.12. The van der Waals surface area contributed by atoms with Crippen molar-refractivity contribution in [3.8, 4) is 0 Å². The fourth-order valence-electron chi connectivity index (χ4n) is 2.30. The molecule has 0 radical (unpaired) electrons. The van der Waals surface area contributed by atoms with E-state index in [0.717, 1.165) is 19.6 Å². The minimum Gasteiger partial charge on any atom is -0.313 e. The molecule has 2 unspecified atom stereocenters. The summed E-state index contributed by atoms with van der Waals surface area (Å²) < 4.78 is 25.2. The Kier molecular flexibility index (Phi) is 4.35. The van der Waals surface area contributed by atoms with Gasteiger partial charge in [-0.1, -0.05) is 0 Å². The Morgan fingerprint density at radius 2 is 2.24 bits per heavy atom. The summed E-state index contributed by atoms with van der Waals surface area (Å²) in [6.45, 7) is 0. The topological polar surface area (TPSA) is 46.2 Å². The maximum absolute atomic E-state index is 11.5. The van der Waals surface area contributed by atoms with E-state index < -0.39 is 9.84 Å². The van der Waals surface area contributed by atoms with Gasteiger partial charge in [0.25, 0.3) is 0 Å². The Labute approximate surface area is 122 Å². The van der Waals surface area contributed by atoms with Crippen LogP contribution in [0.15, 0.2) is 13.6 Å². The lowest BCUT2D eigenvalue weighted by molar-refractivity contribution is 0.418. The number of hydrogen-bond acceptors (Lipinski definition) is 4. The number of thiophene rings is 1. The van der Waals surface area contributed by atoms with E-state index >= 15 is 0 Å². The van der Waals surface area contributed by atoms with Crippen LogP contribution >= 0.6 is 43.2 Å². The van der Waals surface area contributed by atoms with Gasteiger partial charge < -0.3 is 5.32 Å². The number of halogens is 2. The van der Waals surface area contributed by atoms with E-state index in [1.54, 1.807) is 11.3 Å². The van der Waals surface area contributed by atoms with Gasteiger partial charge >= 0.3 is 0 Å². The van der Waals surface area contributed by atoms with Gasteiger partial charge in [-0.2, -0.15) is 0 Å². The maximum atomic E-state index is 11.5. The van der Waals surface area contributed by atoms with Crippen LogP contribution in [-0.4, -0.2) is 27.0 Å². The first-order valence-corrected chi connectivity index (χ1v) is 9.48. The molecule has 0 spiro atoms. The van der Waals surface area contributed by atoms with E-state index in [0.29, 0.717) is 11.5 Å². The summed E-state index contributed by atoms with van der Waals surface area (Å²) in [5.74, 6) is 0.778. The third kappa shape index (κ3) is 3.12. The molecule has 1 aromatic rings. The lowest BCUT2D eigenvalue weighted by atomic mass is 9.94. The van der Waals surface area contributed by atoms with Crippen molar-refractivity contribution >= 4 is 53.0 Å². The maximum Gasteiger partial charge on any atom is 0.150 e. The predicted octanol–water partition coefficient (Wildman–Crippen LogP) is 2.97. The molecule has 1 N–H and O–H groups in total. The molecule has 0 saturated carbocycles. The monoisotopic (exact) mass is 401 g/mol. The first-order chi connectivity index (χ1) is 7.93. The summed E-state index contributed by atoms with van der Waals surface area (Å²) in [4.78, 5) is 0. The van der Waals surface area contributed by atoms with Crippen molar-refractivity contribution in [2.45, 2.75) is 12.5 Å². The lowest BCUT2D eigenvalue weighted by Gasteiger charge is -2.21. The molecule has 0 aliphatic carbocycles. The molecule has 2 atom stereocenters. The molecule has 2 rings (SSSR count). The summed E-state index contributed by atoms with van der Waals surface area (Å²) in [5.41, 5.74) is 1.14. The SMILES string of the molecule is CNC(c1cc(Br)sc1Br)C1CCS(=O)(=O)C1. The second kappa shape index (κ2) is 5.28. The van der Waals surface area contributed by atoms with Gasteiger partial charge in [0, 0.05) is 6.04 Å². The highest BCUT2D eigenvalue weighted by atomic mass is 79.9. The molecule has 1 aliphatic heterocycles. The zero-order chi connectivity index (χ0) is 12.6. The van der Waals surface area contributed by atoms with Crippen LogP contribution in [0.5, 0.6) is 0 Å². The number of sulfone groups is 1. The van der Waals surface area contributed by atoms with Gasteiger partial charge in [-0.05, 0) is 62.9 Å². The van der Waals surface area contributed by atoms with Gasteiger partial charge in [-0.3, -0.25) is 0 Å². The summed E-state index contributed by atoms with van der Waals surface area (Å²) >= 11 is 8.60. The van der Waals surface area contributed by atoms with Crippen LogP contribution in [0.3, 0.4) is 0 Å². The van der Waals surface area contributed by atoms with Gasteiger partial charge in [-0.25, -0.2) is 8.42 Å². The fraction of sp³-hybridized carbons (Fsp3) is 0.600. The third-order valence-corrected chi connectivity index (χ3v) is 7.25. The molecule has 0 bridgehead atoms. The van der Waals surface area contributed by atoms with Gasteiger partial charge in [0.05, 0.1) is 19.1 Å². The molecular weight excluding hydrogens is 390 g/mol. The van der Waals surface area contributed by atoms with Crippen molar-refractivity contribution in [2.24, 2.45) is 5.92 Å². The smallest absolute Gasteiger partial charge is 0.150 e. The van der Waals surface area contributed by atoms with Crippen molar-refractivity contribution in [1.29, 1.82) is 0 Å². The Balaban J connectivity index is 2.26.